The lowest BCUT2D eigenvalue weighted by Crippen LogP contribution is -2.39. The molecule has 3 rings (SSSR count). The summed E-state index contributed by atoms with van der Waals surface area (Å²) in [5, 5.41) is 3.51. The molecule has 0 aromatic carbocycles. The fourth-order valence-corrected chi connectivity index (χ4v) is 4.34. The highest BCUT2D eigenvalue weighted by atomic mass is 32.1. The van der Waals surface area contributed by atoms with Crippen LogP contribution in [-0.2, 0) is 16.7 Å². The van der Waals surface area contributed by atoms with Gasteiger partial charge in [0, 0.05) is 37.0 Å². The van der Waals surface area contributed by atoms with Gasteiger partial charge in [-0.05, 0) is 18.9 Å². The molecule has 2 fully saturated rings. The van der Waals surface area contributed by atoms with Crippen molar-refractivity contribution in [2.24, 2.45) is 5.92 Å². The van der Waals surface area contributed by atoms with E-state index in [1.54, 1.807) is 0 Å². The number of aromatic nitrogens is 1. The monoisotopic (exact) mass is 323 g/mol. The molecule has 1 atom stereocenters. The third-order valence-electron chi connectivity index (χ3n) is 4.67. The molecule has 22 heavy (non-hydrogen) atoms. The minimum Gasteiger partial charge on any atom is -0.379 e. The van der Waals surface area contributed by atoms with Crippen LogP contribution in [0.25, 0.3) is 0 Å². The van der Waals surface area contributed by atoms with Crippen LogP contribution in [-0.4, -0.2) is 60.7 Å². The molecular formula is C17H29N3OS. The second-order valence-electron chi connectivity index (χ2n) is 7.68. The molecule has 2 aliphatic rings. The molecule has 0 aliphatic carbocycles. The standard InChI is InChI=1S/C17H29N3OS/c1-17(2,3)15-13-22-16(18-15)12-20-5-4-14(11-20)10-19-6-8-21-9-7-19/h13-14H,4-12H2,1-3H3. The first kappa shape index (κ1) is 16.4. The topological polar surface area (TPSA) is 28.6 Å². The zero-order chi connectivity index (χ0) is 15.6. The highest BCUT2D eigenvalue weighted by molar-refractivity contribution is 7.09. The molecule has 4 nitrogen and oxygen atoms in total. The normalized spacial score (nSPS) is 25.0. The zero-order valence-electron chi connectivity index (χ0n) is 14.2. The summed E-state index contributed by atoms with van der Waals surface area (Å²) >= 11 is 1.82. The second-order valence-corrected chi connectivity index (χ2v) is 8.62. The molecule has 3 heterocycles. The Morgan fingerprint density at radius 3 is 2.68 bits per heavy atom. The van der Waals surface area contributed by atoms with Gasteiger partial charge in [0.2, 0.25) is 0 Å². The van der Waals surface area contributed by atoms with E-state index in [0.29, 0.717) is 0 Å². The molecule has 0 spiro atoms. The van der Waals surface area contributed by atoms with Gasteiger partial charge in [0.15, 0.2) is 0 Å². The molecule has 0 radical (unpaired) electrons. The minimum atomic E-state index is 0.165. The van der Waals surface area contributed by atoms with Crippen LogP contribution in [0.1, 0.15) is 37.9 Å². The van der Waals surface area contributed by atoms with Crippen LogP contribution in [0.4, 0.5) is 0 Å². The first-order valence-electron chi connectivity index (χ1n) is 8.48. The smallest absolute Gasteiger partial charge is 0.107 e. The lowest BCUT2D eigenvalue weighted by molar-refractivity contribution is 0.0311. The summed E-state index contributed by atoms with van der Waals surface area (Å²) in [7, 11) is 0. The largest absolute Gasteiger partial charge is 0.379 e. The SMILES string of the molecule is CC(C)(C)c1csc(CN2CCC(CN3CCOCC3)C2)n1. The fraction of sp³-hybridized carbons (Fsp3) is 0.824. The Morgan fingerprint density at radius 1 is 1.23 bits per heavy atom. The zero-order valence-corrected chi connectivity index (χ0v) is 15.0. The molecule has 0 saturated carbocycles. The molecule has 5 heteroatoms. The summed E-state index contributed by atoms with van der Waals surface area (Å²) < 4.78 is 5.44. The van der Waals surface area contributed by atoms with Gasteiger partial charge in [0.1, 0.15) is 5.01 Å². The van der Waals surface area contributed by atoms with Crippen molar-refractivity contribution in [3.63, 3.8) is 0 Å². The first-order chi connectivity index (χ1) is 10.5. The van der Waals surface area contributed by atoms with Crippen molar-refractivity contribution in [2.75, 3.05) is 45.9 Å². The average Bonchev–Trinajstić information content (AvgIpc) is 3.10. The van der Waals surface area contributed by atoms with E-state index >= 15 is 0 Å². The summed E-state index contributed by atoms with van der Waals surface area (Å²) in [6.45, 7) is 15.5. The minimum absolute atomic E-state index is 0.165. The van der Waals surface area contributed by atoms with Gasteiger partial charge in [-0.1, -0.05) is 20.8 Å². The average molecular weight is 324 g/mol. The predicted molar refractivity (Wildman–Crippen MR) is 91.5 cm³/mol. The third-order valence-corrected chi connectivity index (χ3v) is 5.50. The van der Waals surface area contributed by atoms with E-state index in [9.17, 15) is 0 Å². The van der Waals surface area contributed by atoms with E-state index in [4.69, 9.17) is 9.72 Å². The summed E-state index contributed by atoms with van der Waals surface area (Å²) in [6, 6.07) is 0. The highest BCUT2D eigenvalue weighted by Crippen LogP contribution is 2.26. The van der Waals surface area contributed by atoms with Gasteiger partial charge >= 0.3 is 0 Å². The van der Waals surface area contributed by atoms with Crippen LogP contribution in [0.5, 0.6) is 0 Å². The highest BCUT2D eigenvalue weighted by Gasteiger charge is 2.26. The fourth-order valence-electron chi connectivity index (χ4n) is 3.27. The molecule has 2 saturated heterocycles. The van der Waals surface area contributed by atoms with E-state index in [1.807, 2.05) is 11.3 Å². The van der Waals surface area contributed by atoms with E-state index in [2.05, 4.69) is 36.0 Å². The Bertz CT molecular complexity index is 476. The molecule has 0 amide bonds. The van der Waals surface area contributed by atoms with Crippen molar-refractivity contribution in [1.29, 1.82) is 0 Å². The quantitative estimate of drug-likeness (QED) is 0.851. The molecule has 1 unspecified atom stereocenters. The van der Waals surface area contributed by atoms with Crippen molar-refractivity contribution in [1.82, 2.24) is 14.8 Å². The van der Waals surface area contributed by atoms with E-state index in [0.717, 1.165) is 38.8 Å². The van der Waals surface area contributed by atoms with Crippen LogP contribution < -0.4 is 0 Å². The number of hydrogen-bond donors (Lipinski definition) is 0. The van der Waals surface area contributed by atoms with Crippen LogP contribution in [0.2, 0.25) is 0 Å². The molecule has 1 aromatic heterocycles. The molecule has 2 aliphatic heterocycles. The lowest BCUT2D eigenvalue weighted by atomic mass is 9.93. The molecule has 0 bridgehead atoms. The van der Waals surface area contributed by atoms with Crippen LogP contribution >= 0.6 is 11.3 Å². The van der Waals surface area contributed by atoms with Gasteiger partial charge in [0.25, 0.3) is 0 Å². The van der Waals surface area contributed by atoms with Crippen LogP contribution in [0, 0.1) is 5.92 Å². The predicted octanol–water partition coefficient (Wildman–Crippen LogP) is 2.59. The maximum Gasteiger partial charge on any atom is 0.107 e. The lowest BCUT2D eigenvalue weighted by Gasteiger charge is -2.29. The Balaban J connectivity index is 1.47. The maximum atomic E-state index is 5.44. The molecular weight excluding hydrogens is 294 g/mol. The number of rotatable bonds is 4. The van der Waals surface area contributed by atoms with Gasteiger partial charge in [-0.2, -0.15) is 0 Å². The number of ether oxygens (including phenoxy) is 1. The molecule has 124 valence electrons. The summed E-state index contributed by atoms with van der Waals surface area (Å²) in [5.74, 6) is 0.820. The van der Waals surface area contributed by atoms with Gasteiger partial charge in [-0.25, -0.2) is 4.98 Å². The summed E-state index contributed by atoms with van der Waals surface area (Å²) in [5.41, 5.74) is 1.40. The number of hydrogen-bond acceptors (Lipinski definition) is 5. The number of morpholine rings is 1. The van der Waals surface area contributed by atoms with E-state index in [-0.39, 0.29) is 5.41 Å². The van der Waals surface area contributed by atoms with Gasteiger partial charge in [-0.3, -0.25) is 9.80 Å². The number of likely N-dealkylation sites (tertiary alicyclic amines) is 1. The Kier molecular flexibility index (Phi) is 5.17. The van der Waals surface area contributed by atoms with Crippen molar-refractivity contribution < 1.29 is 4.74 Å². The van der Waals surface area contributed by atoms with Crippen molar-refractivity contribution >= 4 is 11.3 Å². The maximum absolute atomic E-state index is 5.44. The molecule has 0 N–H and O–H groups in total. The van der Waals surface area contributed by atoms with Crippen molar-refractivity contribution in [2.45, 2.75) is 39.2 Å². The van der Waals surface area contributed by atoms with E-state index in [1.165, 1.54) is 36.8 Å². The first-order valence-corrected chi connectivity index (χ1v) is 9.36. The van der Waals surface area contributed by atoms with Gasteiger partial charge < -0.3 is 4.74 Å². The second kappa shape index (κ2) is 6.95. The van der Waals surface area contributed by atoms with Gasteiger partial charge in [-0.15, -0.1) is 11.3 Å². The van der Waals surface area contributed by atoms with Crippen molar-refractivity contribution in [3.05, 3.63) is 16.1 Å². The van der Waals surface area contributed by atoms with Crippen LogP contribution in [0.15, 0.2) is 5.38 Å². The van der Waals surface area contributed by atoms with Crippen molar-refractivity contribution in [3.8, 4) is 0 Å². The van der Waals surface area contributed by atoms with Crippen LogP contribution in [0.3, 0.4) is 0 Å². The Hall–Kier alpha value is -0.490. The number of thiazole rings is 1. The van der Waals surface area contributed by atoms with Gasteiger partial charge in [0.05, 0.1) is 25.5 Å². The summed E-state index contributed by atoms with van der Waals surface area (Å²) in [6.07, 6.45) is 1.33. The third kappa shape index (κ3) is 4.28. The Morgan fingerprint density at radius 2 is 2.00 bits per heavy atom. The molecule has 1 aromatic rings. The summed E-state index contributed by atoms with van der Waals surface area (Å²) in [4.78, 5) is 9.98. The van der Waals surface area contributed by atoms with E-state index < -0.39 is 0 Å². The Labute approximate surface area is 138 Å². The number of nitrogens with zero attached hydrogens (tertiary/aromatic N) is 3.